The topological polar surface area (TPSA) is 79.2 Å². The summed E-state index contributed by atoms with van der Waals surface area (Å²) in [6.07, 6.45) is 0.653. The van der Waals surface area contributed by atoms with Gasteiger partial charge in [-0.2, -0.15) is 0 Å². The van der Waals surface area contributed by atoms with E-state index in [-0.39, 0.29) is 31.3 Å². The minimum atomic E-state index is -0.236. The third-order valence-electron chi connectivity index (χ3n) is 4.02. The number of methoxy groups -OCH3 is 2. The molecule has 0 heterocycles. The normalized spacial score (nSPS) is 11.0. The number of aliphatic hydroxyl groups excluding tert-OH is 1. The largest absolute Gasteiger partial charge is 0.507 e. The van der Waals surface area contributed by atoms with Crippen LogP contribution in [0.3, 0.4) is 0 Å². The van der Waals surface area contributed by atoms with E-state index in [0.29, 0.717) is 23.1 Å². The molecule has 0 aromatic heterocycles. The van der Waals surface area contributed by atoms with Gasteiger partial charge in [0.25, 0.3) is 0 Å². The van der Waals surface area contributed by atoms with Crippen LogP contribution in [0.15, 0.2) is 24.3 Å². The Hall–Kier alpha value is -2.08. The minimum absolute atomic E-state index is 0.136. The molecular formula is C19H24O5. The van der Waals surface area contributed by atoms with Crippen molar-refractivity contribution in [1.29, 1.82) is 0 Å². The van der Waals surface area contributed by atoms with Gasteiger partial charge in [-0.1, -0.05) is 6.92 Å². The van der Waals surface area contributed by atoms with E-state index in [9.17, 15) is 15.3 Å². The monoisotopic (exact) mass is 332 g/mol. The van der Waals surface area contributed by atoms with E-state index in [4.69, 9.17) is 9.47 Å². The number of aryl methyl sites for hydroxylation is 1. The number of rotatable bonds is 7. The smallest absolute Gasteiger partial charge is 0.126 e. The van der Waals surface area contributed by atoms with Crippen molar-refractivity contribution in [2.75, 3.05) is 14.2 Å². The fraction of sp³-hybridized carbons (Fsp3) is 0.368. The predicted molar refractivity (Wildman–Crippen MR) is 91.9 cm³/mol. The Morgan fingerprint density at radius 1 is 0.750 bits per heavy atom. The summed E-state index contributed by atoms with van der Waals surface area (Å²) in [4.78, 5) is 0. The molecule has 0 saturated heterocycles. The van der Waals surface area contributed by atoms with Crippen LogP contribution < -0.4 is 0 Å². The van der Waals surface area contributed by atoms with Gasteiger partial charge < -0.3 is 24.8 Å². The standard InChI is InChI=1S/C19H24O5/c1-4-12-5-13(6-15(9-20)18(12)21)14-7-16(10-23-2)19(22)17(8-14)11-24-3/h5-8,20-22H,4,9-11H2,1-3H3. The molecule has 0 aliphatic rings. The van der Waals surface area contributed by atoms with Crippen molar-refractivity contribution < 1.29 is 24.8 Å². The molecule has 0 atom stereocenters. The predicted octanol–water partition coefficient (Wildman–Crippen LogP) is 3.11. The Labute approximate surface area is 142 Å². The Morgan fingerprint density at radius 3 is 1.58 bits per heavy atom. The average molecular weight is 332 g/mol. The Bertz CT molecular complexity index is 657. The van der Waals surface area contributed by atoms with Gasteiger partial charge in [-0.15, -0.1) is 0 Å². The van der Waals surface area contributed by atoms with Crippen LogP contribution in [0.2, 0.25) is 0 Å². The maximum absolute atomic E-state index is 10.3. The molecule has 0 spiro atoms. The van der Waals surface area contributed by atoms with Crippen molar-refractivity contribution in [3.63, 3.8) is 0 Å². The van der Waals surface area contributed by atoms with Gasteiger partial charge in [-0.05, 0) is 47.4 Å². The summed E-state index contributed by atoms with van der Waals surface area (Å²) in [5.74, 6) is 0.302. The zero-order valence-electron chi connectivity index (χ0n) is 14.3. The van der Waals surface area contributed by atoms with Gasteiger partial charge in [0.15, 0.2) is 0 Å². The zero-order valence-corrected chi connectivity index (χ0v) is 14.3. The number of phenols is 2. The van der Waals surface area contributed by atoms with Gasteiger partial charge in [-0.3, -0.25) is 0 Å². The van der Waals surface area contributed by atoms with Crippen LogP contribution in [-0.2, 0) is 35.7 Å². The van der Waals surface area contributed by atoms with Gasteiger partial charge in [0.05, 0.1) is 19.8 Å². The van der Waals surface area contributed by atoms with Crippen LogP contribution in [0.5, 0.6) is 11.5 Å². The molecule has 5 nitrogen and oxygen atoms in total. The van der Waals surface area contributed by atoms with Gasteiger partial charge in [0.1, 0.15) is 11.5 Å². The van der Waals surface area contributed by atoms with Crippen molar-refractivity contribution in [3.8, 4) is 22.6 Å². The highest BCUT2D eigenvalue weighted by Crippen LogP contribution is 2.35. The lowest BCUT2D eigenvalue weighted by molar-refractivity contribution is 0.174. The van der Waals surface area contributed by atoms with Crippen LogP contribution in [0.25, 0.3) is 11.1 Å². The second kappa shape index (κ2) is 8.15. The summed E-state index contributed by atoms with van der Waals surface area (Å²) >= 11 is 0. The third kappa shape index (κ3) is 3.70. The Kier molecular flexibility index (Phi) is 6.20. The number of hydrogen-bond acceptors (Lipinski definition) is 5. The highest BCUT2D eigenvalue weighted by atomic mass is 16.5. The van der Waals surface area contributed by atoms with Crippen LogP contribution in [0, 0.1) is 0 Å². The summed E-state index contributed by atoms with van der Waals surface area (Å²) < 4.78 is 10.3. The molecule has 3 N–H and O–H groups in total. The number of aliphatic hydroxyl groups is 1. The first-order valence-corrected chi connectivity index (χ1v) is 7.84. The quantitative estimate of drug-likeness (QED) is 0.726. The molecule has 24 heavy (non-hydrogen) atoms. The number of ether oxygens (including phenoxy) is 2. The van der Waals surface area contributed by atoms with E-state index >= 15 is 0 Å². The van der Waals surface area contributed by atoms with E-state index in [1.54, 1.807) is 20.3 Å². The van der Waals surface area contributed by atoms with Crippen LogP contribution in [-0.4, -0.2) is 29.5 Å². The number of hydrogen-bond donors (Lipinski definition) is 3. The SMILES string of the molecule is CCc1cc(-c2cc(COC)c(O)c(COC)c2)cc(CO)c1O. The average Bonchev–Trinajstić information content (AvgIpc) is 2.59. The summed E-state index contributed by atoms with van der Waals surface area (Å²) in [5.41, 5.74) is 4.32. The molecule has 2 rings (SSSR count). The molecular weight excluding hydrogens is 308 g/mol. The molecule has 0 amide bonds. The summed E-state index contributed by atoms with van der Waals surface area (Å²) in [6.45, 7) is 2.27. The molecule has 2 aromatic carbocycles. The number of benzene rings is 2. The Balaban J connectivity index is 2.62. The first-order valence-electron chi connectivity index (χ1n) is 7.84. The van der Waals surface area contributed by atoms with Crippen molar-refractivity contribution >= 4 is 0 Å². The maximum atomic E-state index is 10.3. The van der Waals surface area contributed by atoms with Crippen molar-refractivity contribution in [3.05, 3.63) is 46.5 Å². The maximum Gasteiger partial charge on any atom is 0.126 e. The zero-order chi connectivity index (χ0) is 17.7. The van der Waals surface area contributed by atoms with E-state index in [1.165, 1.54) is 0 Å². The lowest BCUT2D eigenvalue weighted by atomic mass is 9.94. The van der Waals surface area contributed by atoms with Gasteiger partial charge in [-0.25, -0.2) is 0 Å². The van der Waals surface area contributed by atoms with Gasteiger partial charge in [0, 0.05) is 30.9 Å². The first kappa shape index (κ1) is 18.3. The van der Waals surface area contributed by atoms with Gasteiger partial charge >= 0.3 is 0 Å². The molecule has 0 saturated carbocycles. The molecule has 2 aromatic rings. The van der Waals surface area contributed by atoms with Crippen molar-refractivity contribution in [1.82, 2.24) is 0 Å². The molecule has 0 radical (unpaired) electrons. The van der Waals surface area contributed by atoms with E-state index < -0.39 is 0 Å². The highest BCUT2D eigenvalue weighted by molar-refractivity contribution is 5.70. The molecule has 0 aliphatic carbocycles. The Morgan fingerprint density at radius 2 is 1.17 bits per heavy atom. The molecule has 0 unspecified atom stereocenters. The van der Waals surface area contributed by atoms with E-state index in [0.717, 1.165) is 16.7 Å². The molecule has 5 heteroatoms. The van der Waals surface area contributed by atoms with Crippen molar-refractivity contribution in [2.45, 2.75) is 33.2 Å². The lowest BCUT2D eigenvalue weighted by Gasteiger charge is -2.15. The fourth-order valence-electron chi connectivity index (χ4n) is 2.77. The van der Waals surface area contributed by atoms with E-state index in [2.05, 4.69) is 0 Å². The second-order valence-corrected chi connectivity index (χ2v) is 5.66. The number of aromatic hydroxyl groups is 2. The van der Waals surface area contributed by atoms with Crippen LogP contribution in [0.4, 0.5) is 0 Å². The van der Waals surface area contributed by atoms with Crippen molar-refractivity contribution in [2.24, 2.45) is 0 Å². The molecule has 0 fully saturated rings. The summed E-state index contributed by atoms with van der Waals surface area (Å²) in [5, 5.41) is 30.0. The molecule has 0 bridgehead atoms. The number of phenolic OH excluding ortho intramolecular Hbond substituents is 1. The summed E-state index contributed by atoms with van der Waals surface area (Å²) in [7, 11) is 3.14. The summed E-state index contributed by atoms with van der Waals surface area (Å²) in [6, 6.07) is 7.36. The molecule has 0 aliphatic heterocycles. The minimum Gasteiger partial charge on any atom is -0.507 e. The van der Waals surface area contributed by atoms with Gasteiger partial charge in [0.2, 0.25) is 0 Å². The van der Waals surface area contributed by atoms with E-state index in [1.807, 2.05) is 25.1 Å². The highest BCUT2D eigenvalue weighted by Gasteiger charge is 2.14. The second-order valence-electron chi connectivity index (χ2n) is 5.66. The first-order chi connectivity index (χ1) is 11.5. The van der Waals surface area contributed by atoms with Crippen LogP contribution in [0.1, 0.15) is 29.2 Å². The lowest BCUT2D eigenvalue weighted by Crippen LogP contribution is -1.98. The molecule has 130 valence electrons. The third-order valence-corrected chi connectivity index (χ3v) is 4.02. The van der Waals surface area contributed by atoms with Crippen LogP contribution >= 0.6 is 0 Å². The fourth-order valence-corrected chi connectivity index (χ4v) is 2.77.